The molecule has 0 spiro atoms. The summed E-state index contributed by atoms with van der Waals surface area (Å²) in [5.74, 6) is -4.15. The number of carbonyl (C=O) groups is 3. The van der Waals surface area contributed by atoms with E-state index in [9.17, 15) is 24.3 Å². The van der Waals surface area contributed by atoms with E-state index in [0.29, 0.717) is 12.1 Å². The third-order valence-corrected chi connectivity index (χ3v) is 2.24. The van der Waals surface area contributed by atoms with E-state index in [1.54, 1.807) is 0 Å². The van der Waals surface area contributed by atoms with Crippen molar-refractivity contribution >= 4 is 23.3 Å². The number of carboxylic acid groups (broad SMARTS) is 1. The first-order valence-corrected chi connectivity index (χ1v) is 4.42. The Bertz CT molecular complexity index is 651. The number of rotatable bonds is 1. The molecule has 7 heteroatoms. The Morgan fingerprint density at radius 2 is 1.88 bits per heavy atom. The number of carbonyl (C=O) groups excluding carboxylic acids is 2. The highest BCUT2D eigenvalue weighted by Crippen LogP contribution is 2.18. The monoisotopic (exact) mass is 235 g/mol. The maximum Gasteiger partial charge on any atom is 0.352 e. The van der Waals surface area contributed by atoms with Gasteiger partial charge in [0.2, 0.25) is 11.6 Å². The van der Waals surface area contributed by atoms with E-state index in [-0.39, 0.29) is 5.69 Å². The molecule has 0 aromatic carbocycles. The Morgan fingerprint density at radius 3 is 2.47 bits per heavy atom. The minimum atomic E-state index is -1.41. The highest BCUT2D eigenvalue weighted by atomic mass is 16.4. The predicted octanol–water partition coefficient (Wildman–Crippen LogP) is -0.263. The van der Waals surface area contributed by atoms with Crippen LogP contribution in [0.1, 0.15) is 26.5 Å². The highest BCUT2D eigenvalue weighted by molar-refractivity contribution is 6.50. The van der Waals surface area contributed by atoms with Gasteiger partial charge in [-0.15, -0.1) is 0 Å². The molecule has 17 heavy (non-hydrogen) atoms. The third-order valence-electron chi connectivity index (χ3n) is 2.24. The van der Waals surface area contributed by atoms with Crippen LogP contribution in [0.15, 0.2) is 16.9 Å². The zero-order valence-electron chi connectivity index (χ0n) is 8.18. The zero-order valence-corrected chi connectivity index (χ0v) is 8.18. The van der Waals surface area contributed by atoms with Gasteiger partial charge in [0, 0.05) is 12.1 Å². The second-order valence-corrected chi connectivity index (χ2v) is 3.33. The largest absolute Gasteiger partial charge is 0.506 e. The van der Waals surface area contributed by atoms with Crippen LogP contribution >= 0.6 is 0 Å². The standard InChI is InChI=1S/C10H5NO6/c12-4-1-3(10(16)17)11-8-5(13)2-6(14)9(15)7(4)8/h1-2,13H,(H,11,12)(H,16,17). The molecule has 1 aromatic rings. The third kappa shape index (κ3) is 1.53. The van der Waals surface area contributed by atoms with Crippen molar-refractivity contribution in [2.45, 2.75) is 0 Å². The van der Waals surface area contributed by atoms with Gasteiger partial charge in [0.05, 0.1) is 5.69 Å². The van der Waals surface area contributed by atoms with E-state index in [2.05, 4.69) is 4.98 Å². The van der Waals surface area contributed by atoms with Crippen molar-refractivity contribution in [3.05, 3.63) is 39.3 Å². The lowest BCUT2D eigenvalue weighted by Gasteiger charge is -2.11. The number of hydrogen-bond acceptors (Lipinski definition) is 5. The van der Waals surface area contributed by atoms with Crippen LogP contribution in [0.2, 0.25) is 0 Å². The van der Waals surface area contributed by atoms with Gasteiger partial charge in [-0.2, -0.15) is 0 Å². The fraction of sp³-hybridized carbons (Fsp3) is 0. The molecule has 0 amide bonds. The lowest BCUT2D eigenvalue weighted by Crippen LogP contribution is -2.28. The van der Waals surface area contributed by atoms with Crippen molar-refractivity contribution in [2.24, 2.45) is 0 Å². The van der Waals surface area contributed by atoms with Crippen molar-refractivity contribution in [1.82, 2.24) is 4.98 Å². The Labute approximate surface area is 93.0 Å². The quantitative estimate of drug-likeness (QED) is 0.576. The summed E-state index contributed by atoms with van der Waals surface area (Å²) in [6.07, 6.45) is 0.631. The predicted molar refractivity (Wildman–Crippen MR) is 54.0 cm³/mol. The number of aromatic carboxylic acids is 1. The first-order valence-electron chi connectivity index (χ1n) is 4.42. The molecule has 0 saturated carbocycles. The van der Waals surface area contributed by atoms with Crippen LogP contribution in [0, 0.1) is 0 Å². The lowest BCUT2D eigenvalue weighted by atomic mass is 9.97. The summed E-state index contributed by atoms with van der Waals surface area (Å²) in [4.78, 5) is 46.9. The number of carboxylic acids is 1. The topological polar surface area (TPSA) is 125 Å². The van der Waals surface area contributed by atoms with Gasteiger partial charge in [-0.3, -0.25) is 14.4 Å². The Hall–Kier alpha value is -2.70. The first kappa shape index (κ1) is 10.8. The number of fused-ring (bicyclic) bond motifs is 1. The fourth-order valence-electron chi connectivity index (χ4n) is 1.48. The molecule has 0 radical (unpaired) electrons. The summed E-state index contributed by atoms with van der Waals surface area (Å²) >= 11 is 0. The van der Waals surface area contributed by atoms with Crippen LogP contribution < -0.4 is 5.43 Å². The molecule has 0 unspecified atom stereocenters. The van der Waals surface area contributed by atoms with Crippen molar-refractivity contribution in [3.8, 4) is 0 Å². The summed E-state index contributed by atoms with van der Waals surface area (Å²) in [6.45, 7) is 0. The van der Waals surface area contributed by atoms with E-state index in [1.165, 1.54) is 0 Å². The van der Waals surface area contributed by atoms with Crippen molar-refractivity contribution < 1.29 is 24.6 Å². The van der Waals surface area contributed by atoms with Crippen LogP contribution in [0.25, 0.3) is 5.76 Å². The Morgan fingerprint density at radius 1 is 1.24 bits per heavy atom. The van der Waals surface area contributed by atoms with Gasteiger partial charge in [-0.1, -0.05) is 0 Å². The zero-order chi connectivity index (χ0) is 12.7. The molecule has 0 bridgehead atoms. The second kappa shape index (κ2) is 3.41. The van der Waals surface area contributed by atoms with E-state index < -0.39 is 40.0 Å². The SMILES string of the molecule is O=C1C=C(O)c2[nH]c(C(=O)O)cc(=O)c2C1=O. The normalized spacial score (nSPS) is 14.2. The average Bonchev–Trinajstić information content (AvgIpc) is 2.25. The Balaban J connectivity index is 2.83. The Kier molecular flexibility index (Phi) is 2.17. The second-order valence-electron chi connectivity index (χ2n) is 3.33. The van der Waals surface area contributed by atoms with E-state index in [1.807, 2.05) is 0 Å². The van der Waals surface area contributed by atoms with Crippen molar-refractivity contribution in [2.75, 3.05) is 0 Å². The van der Waals surface area contributed by atoms with Crippen molar-refractivity contribution in [3.63, 3.8) is 0 Å². The number of ketones is 2. The molecular formula is C10H5NO6. The summed E-state index contributed by atoms with van der Waals surface area (Å²) in [5, 5.41) is 18.1. The van der Waals surface area contributed by atoms with E-state index >= 15 is 0 Å². The van der Waals surface area contributed by atoms with Gasteiger partial charge >= 0.3 is 5.97 Å². The molecule has 1 heterocycles. The number of H-pyrrole nitrogens is 1. The molecule has 2 rings (SSSR count). The molecule has 0 atom stereocenters. The van der Waals surface area contributed by atoms with E-state index in [0.717, 1.165) is 0 Å². The maximum atomic E-state index is 11.5. The number of aliphatic hydroxyl groups excluding tert-OH is 1. The number of hydrogen-bond donors (Lipinski definition) is 3. The molecule has 86 valence electrons. The summed E-state index contributed by atoms with van der Waals surface area (Å²) in [7, 11) is 0. The average molecular weight is 235 g/mol. The van der Waals surface area contributed by atoms with Gasteiger partial charge in [0.25, 0.3) is 0 Å². The van der Waals surface area contributed by atoms with Crippen LogP contribution in [0.3, 0.4) is 0 Å². The highest BCUT2D eigenvalue weighted by Gasteiger charge is 2.30. The van der Waals surface area contributed by atoms with Gasteiger partial charge in [0.15, 0.2) is 5.43 Å². The van der Waals surface area contributed by atoms with Gasteiger partial charge in [-0.25, -0.2) is 4.79 Å². The minimum absolute atomic E-state index is 0.348. The van der Waals surface area contributed by atoms with Crippen LogP contribution in [-0.4, -0.2) is 32.7 Å². The smallest absolute Gasteiger partial charge is 0.352 e. The van der Waals surface area contributed by atoms with Crippen LogP contribution in [0.4, 0.5) is 0 Å². The molecule has 7 nitrogen and oxygen atoms in total. The number of Topliss-reactive ketones (excluding diaryl/α,β-unsaturated/α-hetero) is 1. The number of pyridine rings is 1. The van der Waals surface area contributed by atoms with Crippen molar-refractivity contribution in [1.29, 1.82) is 0 Å². The number of aromatic amines is 1. The number of allylic oxidation sites excluding steroid dienone is 1. The maximum absolute atomic E-state index is 11.5. The number of aliphatic hydroxyl groups is 1. The first-order chi connectivity index (χ1) is 7.91. The molecular weight excluding hydrogens is 230 g/mol. The molecule has 3 N–H and O–H groups in total. The minimum Gasteiger partial charge on any atom is -0.506 e. The van der Waals surface area contributed by atoms with Gasteiger partial charge < -0.3 is 15.2 Å². The van der Waals surface area contributed by atoms with Crippen LogP contribution in [0.5, 0.6) is 0 Å². The van der Waals surface area contributed by atoms with Gasteiger partial charge in [0.1, 0.15) is 17.0 Å². The molecule has 1 aromatic heterocycles. The molecule has 0 saturated heterocycles. The van der Waals surface area contributed by atoms with E-state index in [4.69, 9.17) is 5.11 Å². The molecule has 0 aliphatic heterocycles. The molecule has 0 fully saturated rings. The summed E-state index contributed by atoms with van der Waals surface area (Å²) in [5.41, 5.74) is -2.29. The molecule has 1 aliphatic carbocycles. The lowest BCUT2D eigenvalue weighted by molar-refractivity contribution is -0.111. The fourth-order valence-corrected chi connectivity index (χ4v) is 1.48. The van der Waals surface area contributed by atoms with Gasteiger partial charge in [-0.05, 0) is 0 Å². The molecule has 1 aliphatic rings. The number of nitrogens with one attached hydrogen (secondary N) is 1. The summed E-state index contributed by atoms with van der Waals surface area (Å²) < 4.78 is 0. The number of aromatic nitrogens is 1. The summed E-state index contributed by atoms with van der Waals surface area (Å²) in [6, 6.07) is 0.685. The van der Waals surface area contributed by atoms with Crippen LogP contribution in [-0.2, 0) is 4.79 Å².